The summed E-state index contributed by atoms with van der Waals surface area (Å²) in [6.45, 7) is 4.24. The minimum Gasteiger partial charge on any atom is -0.466 e. The van der Waals surface area contributed by atoms with Crippen LogP contribution in [0.1, 0.15) is 33.1 Å². The van der Waals surface area contributed by atoms with Crippen LogP contribution >= 0.6 is 0 Å². The first-order valence-corrected chi connectivity index (χ1v) is 4.93. The predicted octanol–water partition coefficient (Wildman–Crippen LogP) is 1.66. The fourth-order valence-electron chi connectivity index (χ4n) is 1.11. The number of carbonyl (C=O) groups excluding carboxylic acids is 1. The second-order valence-corrected chi connectivity index (χ2v) is 3.34. The fourth-order valence-corrected chi connectivity index (χ4v) is 1.11. The Morgan fingerprint density at radius 3 is 2.50 bits per heavy atom. The van der Waals surface area contributed by atoms with E-state index in [2.05, 4.69) is 5.10 Å². The number of hydrazone groups is 1. The fraction of sp³-hybridized carbons (Fsp3) is 0.800. The molecule has 0 aromatic rings. The Bertz CT molecular complexity index is 200. The zero-order valence-corrected chi connectivity index (χ0v) is 9.54. The minimum atomic E-state index is -0.120. The first-order valence-electron chi connectivity index (χ1n) is 4.93. The molecular formula is C10H20N2O2. The SMILES string of the molecule is CCOC(=O)CCC/C(C)=N/N(C)C. The summed E-state index contributed by atoms with van der Waals surface area (Å²) in [6, 6.07) is 0. The standard InChI is InChI=1S/C10H20N2O2/c1-5-14-10(13)8-6-7-9(2)11-12(3)4/h5-8H2,1-4H3/b11-9+. The molecule has 0 aliphatic heterocycles. The summed E-state index contributed by atoms with van der Waals surface area (Å²) in [7, 11) is 3.77. The quantitative estimate of drug-likeness (QED) is 0.372. The molecule has 82 valence electrons. The van der Waals surface area contributed by atoms with E-state index in [4.69, 9.17) is 4.74 Å². The summed E-state index contributed by atoms with van der Waals surface area (Å²) >= 11 is 0. The Hall–Kier alpha value is -1.06. The van der Waals surface area contributed by atoms with Gasteiger partial charge in [0.25, 0.3) is 0 Å². The first kappa shape index (κ1) is 12.9. The van der Waals surface area contributed by atoms with Crippen molar-refractivity contribution in [1.82, 2.24) is 5.01 Å². The van der Waals surface area contributed by atoms with Gasteiger partial charge in [-0.05, 0) is 26.7 Å². The average Bonchev–Trinajstić information content (AvgIpc) is 2.02. The van der Waals surface area contributed by atoms with E-state index in [-0.39, 0.29) is 5.97 Å². The Labute approximate surface area is 85.9 Å². The molecule has 0 atom stereocenters. The highest BCUT2D eigenvalue weighted by Gasteiger charge is 2.01. The van der Waals surface area contributed by atoms with Gasteiger partial charge in [-0.15, -0.1) is 0 Å². The van der Waals surface area contributed by atoms with Crippen molar-refractivity contribution in [3.05, 3.63) is 0 Å². The highest BCUT2D eigenvalue weighted by molar-refractivity contribution is 5.82. The Morgan fingerprint density at radius 1 is 1.36 bits per heavy atom. The maximum atomic E-state index is 11.0. The lowest BCUT2D eigenvalue weighted by Crippen LogP contribution is -2.08. The zero-order chi connectivity index (χ0) is 11.0. The van der Waals surface area contributed by atoms with Crippen LogP contribution in [0.4, 0.5) is 0 Å². The largest absolute Gasteiger partial charge is 0.466 e. The van der Waals surface area contributed by atoms with Crippen molar-refractivity contribution in [3.8, 4) is 0 Å². The van der Waals surface area contributed by atoms with Crippen LogP contribution in [0.5, 0.6) is 0 Å². The summed E-state index contributed by atoms with van der Waals surface area (Å²) in [5.74, 6) is -0.120. The number of ether oxygens (including phenoxy) is 1. The van der Waals surface area contributed by atoms with E-state index < -0.39 is 0 Å². The topological polar surface area (TPSA) is 41.9 Å². The number of esters is 1. The van der Waals surface area contributed by atoms with Crippen LogP contribution in [0.15, 0.2) is 5.10 Å². The molecule has 0 bridgehead atoms. The van der Waals surface area contributed by atoms with Gasteiger partial charge in [-0.1, -0.05) is 0 Å². The molecule has 0 saturated heterocycles. The molecule has 4 nitrogen and oxygen atoms in total. The van der Waals surface area contributed by atoms with Crippen LogP contribution in [0.3, 0.4) is 0 Å². The lowest BCUT2D eigenvalue weighted by atomic mass is 10.2. The minimum absolute atomic E-state index is 0.120. The van der Waals surface area contributed by atoms with Crippen LogP contribution in [-0.4, -0.2) is 37.4 Å². The van der Waals surface area contributed by atoms with E-state index in [1.165, 1.54) is 0 Å². The van der Waals surface area contributed by atoms with Crippen molar-refractivity contribution in [3.63, 3.8) is 0 Å². The molecule has 0 aliphatic rings. The molecule has 0 N–H and O–H groups in total. The van der Waals surface area contributed by atoms with Crippen molar-refractivity contribution in [2.24, 2.45) is 5.10 Å². The molecule has 0 aromatic carbocycles. The number of carbonyl (C=O) groups is 1. The molecule has 0 rings (SSSR count). The van der Waals surface area contributed by atoms with Crippen molar-refractivity contribution in [1.29, 1.82) is 0 Å². The van der Waals surface area contributed by atoms with Gasteiger partial charge < -0.3 is 9.75 Å². The first-order chi connectivity index (χ1) is 6.56. The molecule has 4 heteroatoms. The van der Waals surface area contributed by atoms with Crippen LogP contribution in [-0.2, 0) is 9.53 Å². The van der Waals surface area contributed by atoms with Crippen molar-refractivity contribution < 1.29 is 9.53 Å². The van der Waals surface area contributed by atoms with E-state index in [9.17, 15) is 4.79 Å². The normalized spacial score (nSPS) is 11.3. The third-order valence-corrected chi connectivity index (χ3v) is 1.60. The third-order valence-electron chi connectivity index (χ3n) is 1.60. The van der Waals surface area contributed by atoms with Gasteiger partial charge in [-0.2, -0.15) is 5.10 Å². The zero-order valence-electron chi connectivity index (χ0n) is 9.54. The molecule has 0 aromatic heterocycles. The van der Waals surface area contributed by atoms with Crippen molar-refractivity contribution in [2.75, 3.05) is 20.7 Å². The van der Waals surface area contributed by atoms with Gasteiger partial charge in [0.1, 0.15) is 0 Å². The molecule has 14 heavy (non-hydrogen) atoms. The molecule has 0 saturated carbocycles. The molecule has 0 unspecified atom stereocenters. The molecule has 0 heterocycles. The number of hydrogen-bond donors (Lipinski definition) is 0. The van der Waals surface area contributed by atoms with E-state index in [1.54, 1.807) is 5.01 Å². The van der Waals surface area contributed by atoms with E-state index in [0.717, 1.165) is 18.6 Å². The summed E-state index contributed by atoms with van der Waals surface area (Å²) in [5, 5.41) is 5.98. The maximum Gasteiger partial charge on any atom is 0.305 e. The van der Waals surface area contributed by atoms with Gasteiger partial charge >= 0.3 is 5.97 Å². The molecule has 0 spiro atoms. The van der Waals surface area contributed by atoms with Gasteiger partial charge in [-0.25, -0.2) is 0 Å². The van der Waals surface area contributed by atoms with E-state index in [1.807, 2.05) is 27.9 Å². The molecule has 0 aliphatic carbocycles. The highest BCUT2D eigenvalue weighted by Crippen LogP contribution is 2.00. The number of rotatable bonds is 6. The molecule has 0 radical (unpaired) electrons. The lowest BCUT2D eigenvalue weighted by molar-refractivity contribution is -0.143. The maximum absolute atomic E-state index is 11.0. The van der Waals surface area contributed by atoms with Crippen LogP contribution in [0.2, 0.25) is 0 Å². The van der Waals surface area contributed by atoms with Gasteiger partial charge in [0.2, 0.25) is 0 Å². The smallest absolute Gasteiger partial charge is 0.305 e. The van der Waals surface area contributed by atoms with Crippen molar-refractivity contribution >= 4 is 11.7 Å². The van der Waals surface area contributed by atoms with Crippen LogP contribution < -0.4 is 0 Å². The molecule has 0 amide bonds. The average molecular weight is 200 g/mol. The second kappa shape index (κ2) is 7.35. The van der Waals surface area contributed by atoms with Gasteiger partial charge in [0, 0.05) is 26.2 Å². The van der Waals surface area contributed by atoms with Gasteiger partial charge in [0.15, 0.2) is 0 Å². The van der Waals surface area contributed by atoms with E-state index >= 15 is 0 Å². The number of hydrogen-bond acceptors (Lipinski definition) is 4. The molecular weight excluding hydrogens is 180 g/mol. The summed E-state index contributed by atoms with van der Waals surface area (Å²) in [5.41, 5.74) is 1.04. The second-order valence-electron chi connectivity index (χ2n) is 3.34. The monoisotopic (exact) mass is 200 g/mol. The summed E-state index contributed by atoms with van der Waals surface area (Å²) in [4.78, 5) is 11.0. The van der Waals surface area contributed by atoms with Crippen LogP contribution in [0, 0.1) is 0 Å². The number of nitrogens with zero attached hydrogens (tertiary/aromatic N) is 2. The Kier molecular flexibility index (Phi) is 6.80. The summed E-state index contributed by atoms with van der Waals surface area (Å²) in [6.07, 6.45) is 2.13. The Morgan fingerprint density at radius 2 is 2.00 bits per heavy atom. The van der Waals surface area contributed by atoms with Gasteiger partial charge in [0.05, 0.1) is 6.61 Å². The Balaban J connectivity index is 3.58. The van der Waals surface area contributed by atoms with E-state index in [0.29, 0.717) is 13.0 Å². The molecule has 0 fully saturated rings. The summed E-state index contributed by atoms with van der Waals surface area (Å²) < 4.78 is 4.82. The predicted molar refractivity (Wildman–Crippen MR) is 57.3 cm³/mol. The van der Waals surface area contributed by atoms with Gasteiger partial charge in [-0.3, -0.25) is 4.79 Å². The van der Waals surface area contributed by atoms with Crippen LogP contribution in [0.25, 0.3) is 0 Å². The third kappa shape index (κ3) is 7.58. The lowest BCUT2D eigenvalue weighted by Gasteiger charge is -2.06. The van der Waals surface area contributed by atoms with Crippen molar-refractivity contribution in [2.45, 2.75) is 33.1 Å². The highest BCUT2D eigenvalue weighted by atomic mass is 16.5.